The summed E-state index contributed by atoms with van der Waals surface area (Å²) in [6.07, 6.45) is 4.42. The highest BCUT2D eigenvalue weighted by Gasteiger charge is 2.09. The van der Waals surface area contributed by atoms with Gasteiger partial charge in [0, 0.05) is 30.0 Å². The molecular formula is C15H11N3O. The minimum Gasteiger partial charge on any atom is -0.464 e. The van der Waals surface area contributed by atoms with Crippen LogP contribution in [-0.2, 0) is 6.42 Å². The Morgan fingerprint density at radius 2 is 2.11 bits per heavy atom. The van der Waals surface area contributed by atoms with Gasteiger partial charge < -0.3 is 4.42 Å². The summed E-state index contributed by atoms with van der Waals surface area (Å²) in [5.74, 6) is 0.685. The molecule has 0 unspecified atom stereocenters. The van der Waals surface area contributed by atoms with Gasteiger partial charge in [-0.25, -0.2) is 9.97 Å². The maximum atomic E-state index is 8.60. The van der Waals surface area contributed by atoms with Crippen LogP contribution in [0.5, 0.6) is 0 Å². The minimum absolute atomic E-state index is 0.426. The van der Waals surface area contributed by atoms with Gasteiger partial charge in [-0.1, -0.05) is 18.2 Å². The van der Waals surface area contributed by atoms with E-state index in [-0.39, 0.29) is 0 Å². The van der Waals surface area contributed by atoms with Crippen LogP contribution in [0.1, 0.15) is 12.2 Å². The number of hydrogen-bond donors (Lipinski definition) is 0. The van der Waals surface area contributed by atoms with Gasteiger partial charge in [0.15, 0.2) is 0 Å². The molecule has 0 bridgehead atoms. The van der Waals surface area contributed by atoms with Gasteiger partial charge in [0.2, 0.25) is 0 Å². The maximum Gasteiger partial charge on any atom is 0.134 e. The molecule has 0 saturated heterocycles. The Morgan fingerprint density at radius 3 is 3.00 bits per heavy atom. The molecule has 3 rings (SSSR count). The molecule has 0 radical (unpaired) electrons. The van der Waals surface area contributed by atoms with Gasteiger partial charge in [-0.05, 0) is 12.1 Å². The second-order valence-electron chi connectivity index (χ2n) is 4.16. The van der Waals surface area contributed by atoms with Crippen LogP contribution in [0.15, 0.2) is 47.2 Å². The van der Waals surface area contributed by atoms with Crippen LogP contribution < -0.4 is 0 Å². The highest BCUT2D eigenvalue weighted by atomic mass is 16.3. The average molecular weight is 249 g/mol. The van der Waals surface area contributed by atoms with Crippen molar-refractivity contribution in [1.29, 1.82) is 5.26 Å². The first-order valence-electron chi connectivity index (χ1n) is 6.04. The summed E-state index contributed by atoms with van der Waals surface area (Å²) in [6.45, 7) is 0. The Labute approximate surface area is 110 Å². The van der Waals surface area contributed by atoms with E-state index < -0.39 is 0 Å². The standard InChI is InChI=1S/C15H11N3O/c16-8-3-6-15-17-9-7-13(18-15)12-10-19-14-5-2-1-4-11(12)14/h1-2,4-5,7,9-10H,3,6H2. The maximum absolute atomic E-state index is 8.60. The van der Waals surface area contributed by atoms with Crippen molar-refractivity contribution < 1.29 is 4.42 Å². The quantitative estimate of drug-likeness (QED) is 0.714. The second kappa shape index (κ2) is 4.91. The number of aromatic nitrogens is 2. The van der Waals surface area contributed by atoms with Crippen molar-refractivity contribution in [2.24, 2.45) is 0 Å². The molecule has 0 atom stereocenters. The van der Waals surface area contributed by atoms with Gasteiger partial charge in [-0.2, -0.15) is 5.26 Å². The van der Waals surface area contributed by atoms with Gasteiger partial charge in [-0.3, -0.25) is 0 Å². The summed E-state index contributed by atoms with van der Waals surface area (Å²) in [5.41, 5.74) is 2.62. The van der Waals surface area contributed by atoms with Crippen molar-refractivity contribution in [3.63, 3.8) is 0 Å². The lowest BCUT2D eigenvalue weighted by Crippen LogP contribution is -1.95. The highest BCUT2D eigenvalue weighted by molar-refractivity contribution is 5.92. The van der Waals surface area contributed by atoms with Crippen LogP contribution in [0.25, 0.3) is 22.2 Å². The van der Waals surface area contributed by atoms with Crippen molar-refractivity contribution in [3.8, 4) is 17.3 Å². The fourth-order valence-corrected chi connectivity index (χ4v) is 2.01. The van der Waals surface area contributed by atoms with Gasteiger partial charge in [0.25, 0.3) is 0 Å². The largest absolute Gasteiger partial charge is 0.464 e. The number of furan rings is 1. The fourth-order valence-electron chi connectivity index (χ4n) is 2.01. The van der Waals surface area contributed by atoms with Gasteiger partial charge in [0.05, 0.1) is 11.8 Å². The van der Waals surface area contributed by atoms with Crippen molar-refractivity contribution in [1.82, 2.24) is 9.97 Å². The van der Waals surface area contributed by atoms with Crippen LogP contribution >= 0.6 is 0 Å². The lowest BCUT2D eigenvalue weighted by atomic mass is 10.1. The smallest absolute Gasteiger partial charge is 0.134 e. The Morgan fingerprint density at radius 1 is 1.21 bits per heavy atom. The van der Waals surface area contributed by atoms with Gasteiger partial charge in [-0.15, -0.1) is 0 Å². The van der Waals surface area contributed by atoms with Crippen LogP contribution in [-0.4, -0.2) is 9.97 Å². The van der Waals surface area contributed by atoms with E-state index in [9.17, 15) is 0 Å². The lowest BCUT2D eigenvalue weighted by molar-refractivity contribution is 0.616. The van der Waals surface area contributed by atoms with E-state index in [0.717, 1.165) is 22.2 Å². The molecular weight excluding hydrogens is 238 g/mol. The molecule has 4 nitrogen and oxygen atoms in total. The molecule has 2 aromatic heterocycles. The zero-order valence-electron chi connectivity index (χ0n) is 10.2. The Balaban J connectivity index is 2.04. The van der Waals surface area contributed by atoms with Crippen molar-refractivity contribution >= 4 is 11.0 Å². The molecule has 3 aromatic rings. The molecule has 19 heavy (non-hydrogen) atoms. The summed E-state index contributed by atoms with van der Waals surface area (Å²) >= 11 is 0. The van der Waals surface area contributed by atoms with E-state index in [4.69, 9.17) is 9.68 Å². The third-order valence-corrected chi connectivity index (χ3v) is 2.92. The lowest BCUT2D eigenvalue weighted by Gasteiger charge is -2.00. The third kappa shape index (κ3) is 2.18. The van der Waals surface area contributed by atoms with Crippen LogP contribution in [0.2, 0.25) is 0 Å². The molecule has 0 spiro atoms. The molecule has 0 aliphatic heterocycles. The average Bonchev–Trinajstić information content (AvgIpc) is 2.89. The summed E-state index contributed by atoms with van der Waals surface area (Å²) in [5, 5.41) is 9.64. The Hall–Kier alpha value is -2.67. The third-order valence-electron chi connectivity index (χ3n) is 2.92. The molecule has 2 heterocycles. The highest BCUT2D eigenvalue weighted by Crippen LogP contribution is 2.28. The molecule has 0 amide bonds. The van der Waals surface area contributed by atoms with E-state index in [0.29, 0.717) is 18.7 Å². The molecule has 92 valence electrons. The first-order chi connectivity index (χ1) is 9.38. The number of rotatable bonds is 3. The molecule has 1 aromatic carbocycles. The normalized spacial score (nSPS) is 10.5. The first kappa shape index (κ1) is 11.4. The predicted molar refractivity (Wildman–Crippen MR) is 71.2 cm³/mol. The van der Waals surface area contributed by atoms with Gasteiger partial charge >= 0.3 is 0 Å². The number of nitriles is 1. The van der Waals surface area contributed by atoms with Crippen molar-refractivity contribution in [2.45, 2.75) is 12.8 Å². The van der Waals surface area contributed by atoms with E-state index in [2.05, 4.69) is 16.0 Å². The second-order valence-corrected chi connectivity index (χ2v) is 4.16. The van der Waals surface area contributed by atoms with E-state index >= 15 is 0 Å². The summed E-state index contributed by atoms with van der Waals surface area (Å²) in [7, 11) is 0. The van der Waals surface area contributed by atoms with E-state index in [1.165, 1.54) is 0 Å². The topological polar surface area (TPSA) is 62.7 Å². The first-order valence-corrected chi connectivity index (χ1v) is 6.04. The number of aryl methyl sites for hydroxylation is 1. The van der Waals surface area contributed by atoms with Gasteiger partial charge in [0.1, 0.15) is 17.7 Å². The van der Waals surface area contributed by atoms with Crippen LogP contribution in [0.4, 0.5) is 0 Å². The molecule has 0 N–H and O–H groups in total. The summed E-state index contributed by atoms with van der Waals surface area (Å²) in [6, 6.07) is 11.8. The summed E-state index contributed by atoms with van der Waals surface area (Å²) in [4.78, 5) is 8.65. The molecule has 4 heteroatoms. The monoisotopic (exact) mass is 249 g/mol. The number of hydrogen-bond acceptors (Lipinski definition) is 4. The van der Waals surface area contributed by atoms with E-state index in [1.807, 2.05) is 30.3 Å². The number of nitrogens with zero attached hydrogens (tertiary/aromatic N) is 3. The van der Waals surface area contributed by atoms with Crippen LogP contribution in [0, 0.1) is 11.3 Å². The SMILES string of the molecule is N#CCCc1nccc(-c2coc3ccccc23)n1. The Bertz CT molecular complexity index is 755. The number of fused-ring (bicyclic) bond motifs is 1. The number of para-hydroxylation sites is 1. The molecule has 0 aliphatic rings. The summed E-state index contributed by atoms with van der Waals surface area (Å²) < 4.78 is 5.51. The molecule has 0 saturated carbocycles. The minimum atomic E-state index is 0.426. The van der Waals surface area contributed by atoms with Crippen molar-refractivity contribution in [3.05, 3.63) is 48.6 Å². The fraction of sp³-hybridized carbons (Fsp3) is 0.133. The zero-order chi connectivity index (χ0) is 13.1. The molecule has 0 fully saturated rings. The van der Waals surface area contributed by atoms with E-state index in [1.54, 1.807) is 12.5 Å². The number of benzene rings is 1. The van der Waals surface area contributed by atoms with Crippen molar-refractivity contribution in [2.75, 3.05) is 0 Å². The molecule has 0 aliphatic carbocycles. The Kier molecular flexibility index (Phi) is 2.95. The zero-order valence-corrected chi connectivity index (χ0v) is 10.2. The predicted octanol–water partition coefficient (Wildman–Crippen LogP) is 3.35. The van der Waals surface area contributed by atoms with Crippen LogP contribution in [0.3, 0.4) is 0 Å².